The van der Waals surface area contributed by atoms with Crippen LogP contribution < -0.4 is 5.32 Å². The minimum absolute atomic E-state index is 0.234. The summed E-state index contributed by atoms with van der Waals surface area (Å²) in [4.78, 5) is 0. The molecule has 4 heteroatoms. The second-order valence-electron chi connectivity index (χ2n) is 4.89. The summed E-state index contributed by atoms with van der Waals surface area (Å²) in [5, 5.41) is 14.5. The number of halogens is 1. The third-order valence-electron chi connectivity index (χ3n) is 3.47. The Bertz CT molecular complexity index is 548. The molecular formula is C14H16ClNO2. The van der Waals surface area contributed by atoms with Gasteiger partial charge < -0.3 is 14.8 Å². The first-order valence-corrected chi connectivity index (χ1v) is 6.68. The third-order valence-corrected chi connectivity index (χ3v) is 3.78. The number of rotatable bonds is 5. The maximum Gasteiger partial charge on any atom is 0.199 e. The van der Waals surface area contributed by atoms with Crippen LogP contribution in [0, 0.1) is 5.92 Å². The fourth-order valence-corrected chi connectivity index (χ4v) is 2.48. The Balaban J connectivity index is 1.68. The average Bonchev–Trinajstić information content (AvgIpc) is 3.15. The molecule has 1 heterocycles. The molecule has 2 aromatic rings. The largest absolute Gasteiger partial charge is 0.444 e. The highest BCUT2D eigenvalue weighted by molar-refractivity contribution is 6.30. The Morgan fingerprint density at radius 1 is 1.39 bits per heavy atom. The Hall–Kier alpha value is -1.03. The molecule has 0 spiro atoms. The minimum Gasteiger partial charge on any atom is -0.444 e. The number of para-hydroxylation sites is 1. The monoisotopic (exact) mass is 265 g/mol. The highest BCUT2D eigenvalue weighted by Gasteiger charge is 2.29. The first-order chi connectivity index (χ1) is 8.75. The van der Waals surface area contributed by atoms with Crippen LogP contribution in [-0.2, 0) is 6.54 Å². The van der Waals surface area contributed by atoms with Crippen LogP contribution >= 0.6 is 11.6 Å². The molecule has 0 radical (unpaired) electrons. The molecule has 1 aromatic carbocycles. The van der Waals surface area contributed by atoms with Gasteiger partial charge in [-0.2, -0.15) is 0 Å². The van der Waals surface area contributed by atoms with Gasteiger partial charge in [-0.25, -0.2) is 0 Å². The summed E-state index contributed by atoms with van der Waals surface area (Å²) in [7, 11) is 0. The number of aliphatic hydroxyl groups is 1. The maximum absolute atomic E-state index is 9.78. The van der Waals surface area contributed by atoms with E-state index in [2.05, 4.69) is 5.32 Å². The molecule has 18 heavy (non-hydrogen) atoms. The predicted octanol–water partition coefficient (Wildman–Crippen LogP) is 2.95. The average molecular weight is 266 g/mol. The molecule has 0 saturated heterocycles. The van der Waals surface area contributed by atoms with E-state index in [0.717, 1.165) is 29.4 Å². The molecule has 1 saturated carbocycles. The second-order valence-corrected chi connectivity index (χ2v) is 5.23. The van der Waals surface area contributed by atoms with Crippen molar-refractivity contribution in [3.05, 3.63) is 35.0 Å². The topological polar surface area (TPSA) is 45.4 Å². The van der Waals surface area contributed by atoms with E-state index < -0.39 is 0 Å². The third kappa shape index (κ3) is 2.39. The van der Waals surface area contributed by atoms with Gasteiger partial charge in [0.15, 0.2) is 5.22 Å². The molecule has 1 atom stereocenters. The zero-order valence-electron chi connectivity index (χ0n) is 10.0. The summed E-state index contributed by atoms with van der Waals surface area (Å²) in [6, 6.07) is 7.80. The molecule has 1 fully saturated rings. The van der Waals surface area contributed by atoms with E-state index in [1.807, 2.05) is 24.3 Å². The lowest BCUT2D eigenvalue weighted by Gasteiger charge is -2.09. The summed E-state index contributed by atoms with van der Waals surface area (Å²) in [5.41, 5.74) is 1.78. The normalized spacial score (nSPS) is 17.2. The first kappa shape index (κ1) is 12.0. The van der Waals surface area contributed by atoms with Crippen LogP contribution in [0.25, 0.3) is 11.0 Å². The molecule has 2 N–H and O–H groups in total. The molecular weight excluding hydrogens is 250 g/mol. The van der Waals surface area contributed by atoms with Gasteiger partial charge in [0, 0.05) is 24.0 Å². The lowest BCUT2D eigenvalue weighted by atomic mass is 10.1. The van der Waals surface area contributed by atoms with Gasteiger partial charge in [0.25, 0.3) is 0 Å². The summed E-state index contributed by atoms with van der Waals surface area (Å²) in [6.07, 6.45) is 2.07. The number of aliphatic hydroxyl groups excluding tert-OH is 1. The lowest BCUT2D eigenvalue weighted by molar-refractivity contribution is 0.148. The molecule has 3 rings (SSSR count). The van der Waals surface area contributed by atoms with Crippen LogP contribution in [0.15, 0.2) is 28.7 Å². The zero-order chi connectivity index (χ0) is 12.5. The Kier molecular flexibility index (Phi) is 3.29. The molecule has 0 amide bonds. The van der Waals surface area contributed by atoms with Crippen molar-refractivity contribution in [1.82, 2.24) is 5.32 Å². The van der Waals surface area contributed by atoms with Gasteiger partial charge >= 0.3 is 0 Å². The Morgan fingerprint density at radius 3 is 2.94 bits per heavy atom. The van der Waals surface area contributed by atoms with Crippen LogP contribution in [0.5, 0.6) is 0 Å². The van der Waals surface area contributed by atoms with Crippen molar-refractivity contribution in [1.29, 1.82) is 0 Å². The van der Waals surface area contributed by atoms with Crippen molar-refractivity contribution in [3.63, 3.8) is 0 Å². The first-order valence-electron chi connectivity index (χ1n) is 6.30. The van der Waals surface area contributed by atoms with Crippen molar-refractivity contribution in [3.8, 4) is 0 Å². The molecule has 96 valence electrons. The molecule has 1 aliphatic carbocycles. The molecule has 0 bridgehead atoms. The van der Waals surface area contributed by atoms with Gasteiger partial charge in [-0.05, 0) is 36.4 Å². The quantitative estimate of drug-likeness (QED) is 0.874. The molecule has 1 aromatic heterocycles. The van der Waals surface area contributed by atoms with E-state index in [1.165, 1.54) is 0 Å². The van der Waals surface area contributed by atoms with Crippen molar-refractivity contribution in [2.45, 2.75) is 25.5 Å². The van der Waals surface area contributed by atoms with Crippen molar-refractivity contribution < 1.29 is 9.52 Å². The minimum atomic E-state index is -0.234. The van der Waals surface area contributed by atoms with Gasteiger partial charge in [0.05, 0.1) is 6.10 Å². The van der Waals surface area contributed by atoms with Crippen molar-refractivity contribution in [2.75, 3.05) is 6.54 Å². The number of benzene rings is 1. The molecule has 1 unspecified atom stereocenters. The highest BCUT2D eigenvalue weighted by Crippen LogP contribution is 2.32. The van der Waals surface area contributed by atoms with E-state index in [4.69, 9.17) is 16.0 Å². The summed E-state index contributed by atoms with van der Waals surface area (Å²) in [6.45, 7) is 1.24. The molecule has 1 aliphatic rings. The number of nitrogens with one attached hydrogen (secondary N) is 1. The van der Waals surface area contributed by atoms with Crippen LogP contribution in [0.3, 0.4) is 0 Å². The van der Waals surface area contributed by atoms with E-state index in [0.29, 0.717) is 24.2 Å². The highest BCUT2D eigenvalue weighted by atomic mass is 35.5. The van der Waals surface area contributed by atoms with Crippen molar-refractivity contribution in [2.24, 2.45) is 5.92 Å². The SMILES string of the molecule is OC(CNCc1c(Cl)oc2ccccc12)C1CC1. The van der Waals surface area contributed by atoms with Crippen molar-refractivity contribution >= 4 is 22.6 Å². The van der Waals surface area contributed by atoms with Gasteiger partial charge in [0.2, 0.25) is 0 Å². The van der Waals surface area contributed by atoms with E-state index in [9.17, 15) is 5.11 Å². The van der Waals surface area contributed by atoms with Crippen LogP contribution in [0.4, 0.5) is 0 Å². The number of hydrogen-bond acceptors (Lipinski definition) is 3. The smallest absolute Gasteiger partial charge is 0.199 e. The van der Waals surface area contributed by atoms with Gasteiger partial charge in [-0.3, -0.25) is 0 Å². The second kappa shape index (κ2) is 4.92. The zero-order valence-corrected chi connectivity index (χ0v) is 10.8. The van der Waals surface area contributed by atoms with Gasteiger partial charge in [-0.15, -0.1) is 0 Å². The number of fused-ring (bicyclic) bond motifs is 1. The van der Waals surface area contributed by atoms with Crippen LogP contribution in [0.1, 0.15) is 18.4 Å². The Labute approximate surface area is 111 Å². The molecule has 0 aliphatic heterocycles. The fourth-order valence-electron chi connectivity index (χ4n) is 2.23. The summed E-state index contributed by atoms with van der Waals surface area (Å²) < 4.78 is 5.48. The molecule has 3 nitrogen and oxygen atoms in total. The Morgan fingerprint density at radius 2 is 2.17 bits per heavy atom. The predicted molar refractivity (Wildman–Crippen MR) is 71.7 cm³/mol. The van der Waals surface area contributed by atoms with Gasteiger partial charge in [0.1, 0.15) is 5.58 Å². The maximum atomic E-state index is 9.78. The van der Waals surface area contributed by atoms with E-state index >= 15 is 0 Å². The van der Waals surface area contributed by atoms with Crippen LogP contribution in [-0.4, -0.2) is 17.8 Å². The lowest BCUT2D eigenvalue weighted by Crippen LogP contribution is -2.27. The fraction of sp³-hybridized carbons (Fsp3) is 0.429. The standard InChI is InChI=1S/C14H16ClNO2/c15-14-11(7-16-8-12(17)9-5-6-9)10-3-1-2-4-13(10)18-14/h1-4,9,12,16-17H,5-8H2. The summed E-state index contributed by atoms with van der Waals surface area (Å²) >= 11 is 6.09. The number of furan rings is 1. The van der Waals surface area contributed by atoms with Crippen LogP contribution in [0.2, 0.25) is 5.22 Å². The summed E-state index contributed by atoms with van der Waals surface area (Å²) in [5.74, 6) is 0.495. The number of hydrogen-bond donors (Lipinski definition) is 2. The van der Waals surface area contributed by atoms with E-state index in [-0.39, 0.29) is 6.10 Å². The van der Waals surface area contributed by atoms with E-state index in [1.54, 1.807) is 0 Å². The van der Waals surface area contributed by atoms with Gasteiger partial charge in [-0.1, -0.05) is 18.2 Å².